The largest absolute Gasteiger partial charge is 0.424 e. The minimum atomic E-state index is -3.97. The van der Waals surface area contributed by atoms with E-state index in [0.29, 0.717) is 18.1 Å². The van der Waals surface area contributed by atoms with Crippen molar-refractivity contribution in [2.75, 3.05) is 0 Å². The molecule has 0 unspecified atom stereocenters. The lowest BCUT2D eigenvalue weighted by atomic mass is 10.3. The summed E-state index contributed by atoms with van der Waals surface area (Å²) < 4.78 is 48.3. The van der Waals surface area contributed by atoms with Crippen LogP contribution in [0.25, 0.3) is 0 Å². The van der Waals surface area contributed by atoms with Crippen LogP contribution in [0, 0.1) is 5.82 Å². The number of rotatable bonds is 7. The maximum Gasteiger partial charge on any atom is 0.322 e. The molecule has 0 aliphatic heterocycles. The number of nitrogens with one attached hydrogen (secondary N) is 1. The zero-order valence-corrected chi connectivity index (χ0v) is 17.8. The first kappa shape index (κ1) is 21.5. The van der Waals surface area contributed by atoms with E-state index in [9.17, 15) is 12.8 Å². The van der Waals surface area contributed by atoms with E-state index in [4.69, 9.17) is 27.9 Å². The molecular formula is C18H17Cl2FN4O3S. The molecule has 3 rings (SSSR count). The number of ether oxygens (including phenoxy) is 1. The molecular weight excluding hydrogens is 442 g/mol. The molecule has 1 N–H and O–H groups in total. The maximum absolute atomic E-state index is 13.1. The Hall–Kier alpha value is -2.20. The highest BCUT2D eigenvalue weighted by molar-refractivity contribution is 7.89. The van der Waals surface area contributed by atoms with Crippen LogP contribution in [0.15, 0.2) is 47.4 Å². The summed E-state index contributed by atoms with van der Waals surface area (Å²) in [5.41, 5.74) is 0. The molecule has 1 aromatic heterocycles. The van der Waals surface area contributed by atoms with E-state index >= 15 is 0 Å². The fourth-order valence-corrected chi connectivity index (χ4v) is 4.60. The third-order valence-electron chi connectivity index (χ3n) is 3.99. The Bertz CT molecular complexity index is 1120. The van der Waals surface area contributed by atoms with Crippen molar-refractivity contribution < 1.29 is 17.5 Å². The van der Waals surface area contributed by atoms with Crippen molar-refractivity contribution in [1.82, 2.24) is 19.5 Å². The van der Waals surface area contributed by atoms with Crippen LogP contribution in [0.5, 0.6) is 11.8 Å². The van der Waals surface area contributed by atoms with Gasteiger partial charge in [0.05, 0.1) is 11.1 Å². The minimum Gasteiger partial charge on any atom is -0.424 e. The van der Waals surface area contributed by atoms with Gasteiger partial charge in [-0.1, -0.05) is 28.3 Å². The van der Waals surface area contributed by atoms with Crippen LogP contribution in [-0.4, -0.2) is 23.2 Å². The summed E-state index contributed by atoms with van der Waals surface area (Å²) in [6, 6.07) is 9.02. The van der Waals surface area contributed by atoms with Crippen LogP contribution in [-0.2, 0) is 16.6 Å². The molecule has 0 aliphatic carbocycles. The van der Waals surface area contributed by atoms with Gasteiger partial charge in [0.15, 0.2) is 5.82 Å². The van der Waals surface area contributed by atoms with Gasteiger partial charge >= 0.3 is 6.01 Å². The first-order valence-corrected chi connectivity index (χ1v) is 10.8. The summed E-state index contributed by atoms with van der Waals surface area (Å²) in [5, 5.41) is 8.31. The van der Waals surface area contributed by atoms with Gasteiger partial charge < -0.3 is 4.74 Å². The van der Waals surface area contributed by atoms with E-state index in [0.717, 1.165) is 0 Å². The summed E-state index contributed by atoms with van der Waals surface area (Å²) in [5.74, 6) is 0.322. The van der Waals surface area contributed by atoms with E-state index in [2.05, 4.69) is 14.9 Å². The fourth-order valence-electron chi connectivity index (χ4n) is 2.63. The molecule has 154 valence electrons. The smallest absolute Gasteiger partial charge is 0.322 e. The zero-order valence-electron chi connectivity index (χ0n) is 15.4. The van der Waals surface area contributed by atoms with Crippen molar-refractivity contribution in [2.24, 2.45) is 0 Å². The second kappa shape index (κ2) is 8.66. The molecule has 7 nitrogen and oxygen atoms in total. The number of aromatic nitrogens is 3. The molecule has 0 saturated carbocycles. The zero-order chi connectivity index (χ0) is 21.2. The third-order valence-corrected chi connectivity index (χ3v) is 6.24. The van der Waals surface area contributed by atoms with Crippen molar-refractivity contribution in [1.29, 1.82) is 0 Å². The predicted molar refractivity (Wildman–Crippen MR) is 107 cm³/mol. The third kappa shape index (κ3) is 4.87. The number of nitrogens with zero attached hydrogens (tertiary/aromatic N) is 3. The highest BCUT2D eigenvalue weighted by Crippen LogP contribution is 2.27. The predicted octanol–water partition coefficient (Wildman–Crippen LogP) is 4.58. The van der Waals surface area contributed by atoms with Crippen molar-refractivity contribution >= 4 is 33.2 Å². The fraction of sp³-hybridized carbons (Fsp3) is 0.222. The van der Waals surface area contributed by atoms with Crippen LogP contribution in [0.4, 0.5) is 4.39 Å². The Morgan fingerprint density at radius 3 is 2.52 bits per heavy atom. The first-order valence-electron chi connectivity index (χ1n) is 8.55. The van der Waals surface area contributed by atoms with E-state index in [1.54, 1.807) is 11.5 Å². The molecule has 1 heterocycles. The number of sulfonamides is 1. The van der Waals surface area contributed by atoms with E-state index in [1.807, 2.05) is 6.92 Å². The Labute approximate surface area is 177 Å². The van der Waals surface area contributed by atoms with Crippen LogP contribution in [0.1, 0.15) is 25.7 Å². The molecule has 0 amide bonds. The van der Waals surface area contributed by atoms with Crippen LogP contribution in [0.2, 0.25) is 10.0 Å². The summed E-state index contributed by atoms with van der Waals surface area (Å²) in [4.78, 5) is -0.135. The van der Waals surface area contributed by atoms with Gasteiger partial charge in [0, 0.05) is 11.6 Å². The lowest BCUT2D eigenvalue weighted by molar-refractivity contribution is 0.407. The van der Waals surface area contributed by atoms with Gasteiger partial charge in [0.1, 0.15) is 16.5 Å². The lowest BCUT2D eigenvalue weighted by Gasteiger charge is -2.16. The maximum atomic E-state index is 13.1. The first-order chi connectivity index (χ1) is 13.7. The monoisotopic (exact) mass is 458 g/mol. The van der Waals surface area contributed by atoms with Gasteiger partial charge in [0.25, 0.3) is 0 Å². The lowest BCUT2D eigenvalue weighted by Crippen LogP contribution is -2.29. The average molecular weight is 459 g/mol. The summed E-state index contributed by atoms with van der Waals surface area (Å²) >= 11 is 11.9. The van der Waals surface area contributed by atoms with E-state index in [-0.39, 0.29) is 21.0 Å². The van der Waals surface area contributed by atoms with Gasteiger partial charge in [-0.25, -0.2) is 17.5 Å². The molecule has 0 radical (unpaired) electrons. The second-order valence-electron chi connectivity index (χ2n) is 6.06. The number of benzene rings is 2. The van der Waals surface area contributed by atoms with Crippen LogP contribution >= 0.6 is 23.2 Å². The second-order valence-corrected chi connectivity index (χ2v) is 8.58. The Balaban J connectivity index is 1.85. The standard InChI is InChI=1S/C18H17Cl2FN4O3S/c1-3-25-17(22-23-18(25)28-14-7-5-13(21)6-8-14)11(2)24-29(26,27)16-10-12(19)4-9-15(16)20/h4-11,24H,3H2,1-2H3/t11-/m1/s1. The molecule has 29 heavy (non-hydrogen) atoms. The van der Waals surface area contributed by atoms with Gasteiger partial charge in [0.2, 0.25) is 10.0 Å². The molecule has 0 saturated heterocycles. The highest BCUT2D eigenvalue weighted by Gasteiger charge is 2.25. The Morgan fingerprint density at radius 2 is 1.86 bits per heavy atom. The normalized spacial score (nSPS) is 12.7. The summed E-state index contributed by atoms with van der Waals surface area (Å²) in [6.45, 7) is 3.87. The van der Waals surface area contributed by atoms with Crippen LogP contribution in [0.3, 0.4) is 0 Å². The van der Waals surface area contributed by atoms with Gasteiger partial charge in [-0.05, 0) is 56.3 Å². The molecule has 0 fully saturated rings. The van der Waals surface area contributed by atoms with Crippen molar-refractivity contribution in [3.05, 3.63) is 64.2 Å². The SMILES string of the molecule is CCn1c(Oc2ccc(F)cc2)nnc1[C@@H](C)NS(=O)(=O)c1cc(Cl)ccc1Cl. The molecule has 0 aliphatic rings. The van der Waals surface area contributed by atoms with Crippen molar-refractivity contribution in [3.8, 4) is 11.8 Å². The van der Waals surface area contributed by atoms with Gasteiger partial charge in [-0.15, -0.1) is 5.10 Å². The van der Waals surface area contributed by atoms with Crippen molar-refractivity contribution in [2.45, 2.75) is 31.3 Å². The number of hydrogen-bond acceptors (Lipinski definition) is 5. The van der Waals surface area contributed by atoms with Crippen molar-refractivity contribution in [3.63, 3.8) is 0 Å². The van der Waals surface area contributed by atoms with Gasteiger partial charge in [-0.3, -0.25) is 4.57 Å². The highest BCUT2D eigenvalue weighted by atomic mass is 35.5. The molecule has 0 bridgehead atoms. The van der Waals surface area contributed by atoms with Crippen LogP contribution < -0.4 is 9.46 Å². The molecule has 11 heteroatoms. The molecule has 0 spiro atoms. The summed E-state index contributed by atoms with van der Waals surface area (Å²) in [7, 11) is -3.97. The average Bonchev–Trinajstić information content (AvgIpc) is 3.08. The molecule has 3 aromatic rings. The number of hydrogen-bond donors (Lipinski definition) is 1. The van der Waals surface area contributed by atoms with E-state index < -0.39 is 21.9 Å². The molecule has 2 aromatic carbocycles. The Kier molecular flexibility index (Phi) is 6.42. The molecule has 1 atom stereocenters. The van der Waals surface area contributed by atoms with Gasteiger partial charge in [-0.2, -0.15) is 0 Å². The summed E-state index contributed by atoms with van der Waals surface area (Å²) in [6.07, 6.45) is 0. The minimum absolute atomic E-state index is 0.0476. The van der Waals surface area contributed by atoms with E-state index in [1.165, 1.54) is 42.5 Å². The quantitative estimate of drug-likeness (QED) is 0.559. The topological polar surface area (TPSA) is 86.1 Å². The Morgan fingerprint density at radius 1 is 1.17 bits per heavy atom. The number of halogens is 3.